The second kappa shape index (κ2) is 12.7. The first kappa shape index (κ1) is 29.3. The van der Waals surface area contributed by atoms with Crippen LogP contribution < -0.4 is 15.4 Å². The summed E-state index contributed by atoms with van der Waals surface area (Å²) in [7, 11) is 1.55. The van der Waals surface area contributed by atoms with Gasteiger partial charge in [0.15, 0.2) is 0 Å². The average molecular weight is 593 g/mol. The van der Waals surface area contributed by atoms with Gasteiger partial charge < -0.3 is 30.3 Å². The number of piperidine rings is 1. The van der Waals surface area contributed by atoms with Gasteiger partial charge in [-0.1, -0.05) is 35.9 Å². The minimum absolute atomic E-state index is 0.0754. The standard InChI is InChI=1S/C30H33ClN6O5/c1-18(39)36-10-8-22(9-11-36)33-30-32-14-25(31)28(35-30)20-6-7-21-15-37(29(41)24(21)13-20)16-27(40)34-26(17-38)19-4-3-5-23(12-19)42-2/h3-7,12-14,22,26,38H,8-11,15-17H2,1-2H3,(H,34,40)(H,32,33,35)/t26-/m1/s1. The Morgan fingerprint density at radius 2 is 1.98 bits per heavy atom. The van der Waals surface area contributed by atoms with Crippen molar-refractivity contribution in [2.24, 2.45) is 0 Å². The fraction of sp³-hybridized carbons (Fsp3) is 0.367. The summed E-state index contributed by atoms with van der Waals surface area (Å²) in [6.45, 7) is 2.76. The molecule has 1 fully saturated rings. The van der Waals surface area contributed by atoms with E-state index in [9.17, 15) is 19.5 Å². The molecule has 3 N–H and O–H groups in total. The number of carbonyl (C=O) groups is 3. The van der Waals surface area contributed by atoms with Crippen LogP contribution in [-0.4, -0.2) is 82.0 Å². The molecule has 1 saturated heterocycles. The van der Waals surface area contributed by atoms with Gasteiger partial charge in [0, 0.05) is 43.7 Å². The molecule has 3 aromatic rings. The number of aromatic nitrogens is 2. The number of methoxy groups -OCH3 is 1. The van der Waals surface area contributed by atoms with Crippen LogP contribution in [0.4, 0.5) is 5.95 Å². The van der Waals surface area contributed by atoms with E-state index in [1.54, 1.807) is 44.4 Å². The van der Waals surface area contributed by atoms with E-state index >= 15 is 0 Å². The van der Waals surface area contributed by atoms with E-state index in [1.807, 2.05) is 17.0 Å². The number of nitrogens with zero attached hydrogens (tertiary/aromatic N) is 4. The molecule has 3 amide bonds. The van der Waals surface area contributed by atoms with Crippen LogP contribution in [0.5, 0.6) is 5.75 Å². The van der Waals surface area contributed by atoms with Gasteiger partial charge in [-0.2, -0.15) is 0 Å². The largest absolute Gasteiger partial charge is 0.497 e. The number of halogens is 1. The molecule has 5 rings (SSSR count). The van der Waals surface area contributed by atoms with E-state index in [4.69, 9.17) is 16.3 Å². The Kier molecular flexibility index (Phi) is 8.89. The molecule has 1 atom stereocenters. The van der Waals surface area contributed by atoms with Crippen molar-refractivity contribution in [3.05, 3.63) is 70.4 Å². The number of hydrogen-bond donors (Lipinski definition) is 3. The number of rotatable bonds is 9. The fourth-order valence-corrected chi connectivity index (χ4v) is 5.50. The maximum absolute atomic E-state index is 13.3. The molecule has 220 valence electrons. The first-order chi connectivity index (χ1) is 20.2. The van der Waals surface area contributed by atoms with Crippen molar-refractivity contribution in [1.29, 1.82) is 0 Å². The smallest absolute Gasteiger partial charge is 0.254 e. The zero-order valence-corrected chi connectivity index (χ0v) is 24.2. The van der Waals surface area contributed by atoms with Crippen molar-refractivity contribution in [2.45, 2.75) is 38.4 Å². The summed E-state index contributed by atoms with van der Waals surface area (Å²) in [6, 6.07) is 12.0. The lowest BCUT2D eigenvalue weighted by atomic mass is 10.0. The third kappa shape index (κ3) is 6.47. The molecule has 0 aliphatic carbocycles. The molecule has 11 nitrogen and oxygen atoms in total. The highest BCUT2D eigenvalue weighted by Crippen LogP contribution is 2.32. The number of carbonyl (C=O) groups excluding carboxylic acids is 3. The van der Waals surface area contributed by atoms with Crippen LogP contribution in [-0.2, 0) is 16.1 Å². The van der Waals surface area contributed by atoms with Crippen LogP contribution in [0.25, 0.3) is 11.3 Å². The average Bonchev–Trinajstić information content (AvgIpc) is 3.30. The Morgan fingerprint density at radius 1 is 1.19 bits per heavy atom. The van der Waals surface area contributed by atoms with Gasteiger partial charge in [0.25, 0.3) is 5.91 Å². The predicted octanol–water partition coefficient (Wildman–Crippen LogP) is 3.03. The van der Waals surface area contributed by atoms with E-state index in [1.165, 1.54) is 11.1 Å². The Bertz CT molecular complexity index is 1490. The van der Waals surface area contributed by atoms with Gasteiger partial charge in [-0.05, 0) is 42.2 Å². The molecule has 0 spiro atoms. The Balaban J connectivity index is 1.25. The quantitative estimate of drug-likeness (QED) is 0.345. The van der Waals surface area contributed by atoms with Crippen molar-refractivity contribution >= 4 is 35.3 Å². The summed E-state index contributed by atoms with van der Waals surface area (Å²) < 4.78 is 5.23. The molecule has 0 radical (unpaired) electrons. The van der Waals surface area contributed by atoms with Crippen LogP contribution in [0.1, 0.15) is 47.3 Å². The van der Waals surface area contributed by atoms with Gasteiger partial charge in [0.2, 0.25) is 17.8 Å². The molecule has 2 aromatic carbocycles. The Hall–Kier alpha value is -4.22. The summed E-state index contributed by atoms with van der Waals surface area (Å²) >= 11 is 6.47. The molecule has 12 heteroatoms. The van der Waals surface area contributed by atoms with Crippen molar-refractivity contribution in [3.8, 4) is 17.0 Å². The summed E-state index contributed by atoms with van der Waals surface area (Å²) in [4.78, 5) is 50.0. The van der Waals surface area contributed by atoms with Gasteiger partial charge >= 0.3 is 0 Å². The van der Waals surface area contributed by atoms with Crippen LogP contribution in [0.2, 0.25) is 5.02 Å². The number of benzene rings is 2. The highest BCUT2D eigenvalue weighted by Gasteiger charge is 2.30. The number of aliphatic hydroxyl groups is 1. The number of hydrogen-bond acceptors (Lipinski definition) is 8. The van der Waals surface area contributed by atoms with E-state index in [-0.39, 0.29) is 43.5 Å². The maximum atomic E-state index is 13.3. The summed E-state index contributed by atoms with van der Waals surface area (Å²) in [5.74, 6) is 0.455. The second-order valence-electron chi connectivity index (χ2n) is 10.4. The van der Waals surface area contributed by atoms with Gasteiger partial charge in [0.1, 0.15) is 12.3 Å². The molecular formula is C30H33ClN6O5. The van der Waals surface area contributed by atoms with Gasteiger partial charge in [0.05, 0.1) is 36.7 Å². The van der Waals surface area contributed by atoms with E-state index in [2.05, 4.69) is 20.6 Å². The number of amides is 3. The summed E-state index contributed by atoms with van der Waals surface area (Å²) in [5.41, 5.74) is 3.12. The third-order valence-corrected chi connectivity index (χ3v) is 7.90. The topological polar surface area (TPSA) is 137 Å². The molecular weight excluding hydrogens is 560 g/mol. The molecule has 42 heavy (non-hydrogen) atoms. The number of anilines is 1. The molecule has 0 saturated carbocycles. The van der Waals surface area contributed by atoms with Crippen molar-refractivity contribution in [2.75, 3.05) is 38.7 Å². The zero-order chi connectivity index (χ0) is 29.8. The Labute approximate surface area is 248 Å². The highest BCUT2D eigenvalue weighted by molar-refractivity contribution is 6.33. The van der Waals surface area contributed by atoms with Crippen LogP contribution in [0.3, 0.4) is 0 Å². The first-order valence-corrected chi connectivity index (χ1v) is 14.1. The number of ether oxygens (including phenoxy) is 1. The highest BCUT2D eigenvalue weighted by atomic mass is 35.5. The van der Waals surface area contributed by atoms with Gasteiger partial charge in [-0.15, -0.1) is 0 Å². The minimum atomic E-state index is -0.635. The van der Waals surface area contributed by atoms with Crippen LogP contribution in [0.15, 0.2) is 48.7 Å². The molecule has 3 heterocycles. The summed E-state index contributed by atoms with van der Waals surface area (Å²) in [6.07, 6.45) is 3.11. The van der Waals surface area contributed by atoms with E-state index in [0.29, 0.717) is 52.2 Å². The summed E-state index contributed by atoms with van der Waals surface area (Å²) in [5, 5.41) is 16.4. The number of aliphatic hydroxyl groups excluding tert-OH is 1. The molecule has 2 aliphatic rings. The van der Waals surface area contributed by atoms with Crippen LogP contribution in [0, 0.1) is 0 Å². The molecule has 1 aromatic heterocycles. The monoisotopic (exact) mass is 592 g/mol. The lowest BCUT2D eigenvalue weighted by molar-refractivity contribution is -0.129. The molecule has 0 unspecified atom stereocenters. The fourth-order valence-electron chi connectivity index (χ4n) is 5.30. The first-order valence-electron chi connectivity index (χ1n) is 13.8. The molecule has 0 bridgehead atoms. The zero-order valence-electron chi connectivity index (χ0n) is 23.5. The number of fused-ring (bicyclic) bond motifs is 1. The Morgan fingerprint density at radius 3 is 2.69 bits per heavy atom. The van der Waals surface area contributed by atoms with Crippen LogP contribution >= 0.6 is 11.6 Å². The minimum Gasteiger partial charge on any atom is -0.497 e. The lowest BCUT2D eigenvalue weighted by Gasteiger charge is -2.31. The van der Waals surface area contributed by atoms with E-state index < -0.39 is 6.04 Å². The number of nitrogens with one attached hydrogen (secondary N) is 2. The van der Waals surface area contributed by atoms with Crippen molar-refractivity contribution in [3.63, 3.8) is 0 Å². The predicted molar refractivity (Wildman–Crippen MR) is 157 cm³/mol. The SMILES string of the molecule is COc1cccc([C@@H](CO)NC(=O)CN2Cc3ccc(-c4nc(NC5CCN(C(C)=O)CC5)ncc4Cl)cc3C2=O)c1. The van der Waals surface area contributed by atoms with E-state index in [0.717, 1.165) is 18.4 Å². The van der Waals surface area contributed by atoms with Crippen molar-refractivity contribution in [1.82, 2.24) is 25.1 Å². The molecule has 2 aliphatic heterocycles. The van der Waals surface area contributed by atoms with Crippen molar-refractivity contribution < 1.29 is 24.2 Å². The van der Waals surface area contributed by atoms with Gasteiger partial charge in [-0.3, -0.25) is 14.4 Å². The number of likely N-dealkylation sites (tertiary alicyclic amines) is 1. The normalized spacial score (nSPS) is 15.8. The maximum Gasteiger partial charge on any atom is 0.254 e. The lowest BCUT2D eigenvalue weighted by Crippen LogP contribution is -2.41. The third-order valence-electron chi connectivity index (χ3n) is 7.63. The van der Waals surface area contributed by atoms with Gasteiger partial charge in [-0.25, -0.2) is 9.97 Å². The second-order valence-corrected chi connectivity index (χ2v) is 10.8.